The van der Waals surface area contributed by atoms with Crippen LogP contribution >= 0.6 is 0 Å². The van der Waals surface area contributed by atoms with Crippen LogP contribution in [-0.2, 0) is 17.5 Å². The molecule has 8 heteroatoms. The van der Waals surface area contributed by atoms with Crippen molar-refractivity contribution in [3.63, 3.8) is 0 Å². The van der Waals surface area contributed by atoms with Crippen LogP contribution in [0.25, 0.3) is 0 Å². The Kier molecular flexibility index (Phi) is 3.11. The van der Waals surface area contributed by atoms with Crippen molar-refractivity contribution in [3.05, 3.63) is 11.4 Å². The van der Waals surface area contributed by atoms with E-state index in [0.29, 0.717) is 0 Å². The van der Waals surface area contributed by atoms with E-state index in [9.17, 15) is 18.0 Å². The second-order valence-electron chi connectivity index (χ2n) is 2.92. The number of halogens is 3. The fourth-order valence-electron chi connectivity index (χ4n) is 1.23. The van der Waals surface area contributed by atoms with Gasteiger partial charge in [0.15, 0.2) is 11.4 Å². The molecule has 0 aliphatic carbocycles. The second-order valence-corrected chi connectivity index (χ2v) is 2.92. The Bertz CT molecular complexity index is 411. The smallest absolute Gasteiger partial charge is 0.437 e. The van der Waals surface area contributed by atoms with Crippen LogP contribution in [0.1, 0.15) is 23.1 Å². The van der Waals surface area contributed by atoms with Gasteiger partial charge in [0.1, 0.15) is 0 Å². The van der Waals surface area contributed by atoms with Crippen molar-refractivity contribution in [2.24, 2.45) is 0 Å². The Morgan fingerprint density at radius 3 is 2.50 bits per heavy atom. The van der Waals surface area contributed by atoms with E-state index >= 15 is 0 Å². The van der Waals surface area contributed by atoms with Gasteiger partial charge in [-0.05, 0) is 6.92 Å². The van der Waals surface area contributed by atoms with E-state index < -0.39 is 23.5 Å². The molecule has 0 fully saturated rings. The van der Waals surface area contributed by atoms with Crippen LogP contribution in [0.5, 0.6) is 0 Å². The van der Waals surface area contributed by atoms with E-state index in [1.54, 1.807) is 6.92 Å². The summed E-state index contributed by atoms with van der Waals surface area (Å²) in [7, 11) is 1.06. The van der Waals surface area contributed by atoms with Gasteiger partial charge in [0, 0.05) is 6.54 Å². The van der Waals surface area contributed by atoms with Gasteiger partial charge < -0.3 is 10.5 Å². The third-order valence-electron chi connectivity index (χ3n) is 1.94. The lowest BCUT2D eigenvalue weighted by Gasteiger charge is -2.03. The molecule has 0 saturated carbocycles. The lowest BCUT2D eigenvalue weighted by atomic mass is 10.3. The number of methoxy groups -OCH3 is 1. The number of nitrogen functional groups attached to an aromatic ring is 1. The molecule has 0 aromatic carbocycles. The topological polar surface area (TPSA) is 70.1 Å². The Labute approximate surface area is 89.0 Å². The first-order valence-corrected chi connectivity index (χ1v) is 4.34. The van der Waals surface area contributed by atoms with Crippen molar-refractivity contribution in [2.75, 3.05) is 12.8 Å². The zero-order chi connectivity index (χ0) is 12.5. The van der Waals surface area contributed by atoms with Crippen LogP contribution in [0, 0.1) is 0 Å². The molecule has 0 aliphatic heterocycles. The van der Waals surface area contributed by atoms with Gasteiger partial charge in [-0.15, -0.1) is 0 Å². The monoisotopic (exact) mass is 237 g/mol. The summed E-state index contributed by atoms with van der Waals surface area (Å²) in [6, 6.07) is 0. The van der Waals surface area contributed by atoms with Crippen LogP contribution in [-0.4, -0.2) is 22.9 Å². The molecule has 0 aliphatic rings. The van der Waals surface area contributed by atoms with Gasteiger partial charge in [0.25, 0.3) is 0 Å². The maximum absolute atomic E-state index is 12.4. The molecule has 1 heterocycles. The number of ether oxygens (including phenoxy) is 1. The molecule has 90 valence electrons. The zero-order valence-corrected chi connectivity index (χ0v) is 8.63. The molecule has 0 amide bonds. The predicted octanol–water partition coefficient (Wildman–Crippen LogP) is 1.29. The van der Waals surface area contributed by atoms with Crippen LogP contribution in [0.4, 0.5) is 18.9 Å². The lowest BCUT2D eigenvalue weighted by molar-refractivity contribution is -0.140. The van der Waals surface area contributed by atoms with Gasteiger partial charge in [0.05, 0.1) is 12.8 Å². The largest absolute Gasteiger partial charge is 0.464 e. The first kappa shape index (κ1) is 12.3. The van der Waals surface area contributed by atoms with Crippen LogP contribution < -0.4 is 5.73 Å². The summed E-state index contributed by atoms with van der Waals surface area (Å²) >= 11 is 0. The first-order chi connectivity index (χ1) is 7.32. The summed E-state index contributed by atoms with van der Waals surface area (Å²) in [5.41, 5.74) is 2.88. The number of hydrogen-bond acceptors (Lipinski definition) is 4. The van der Waals surface area contributed by atoms with Crippen LogP contribution in [0.15, 0.2) is 0 Å². The number of alkyl halides is 3. The number of anilines is 1. The molecule has 1 aromatic rings. The number of carbonyl (C=O) groups excluding carboxylic acids is 1. The molecule has 0 radical (unpaired) electrons. The molecular formula is C8H10F3N3O2. The number of esters is 1. The fourth-order valence-corrected chi connectivity index (χ4v) is 1.23. The van der Waals surface area contributed by atoms with E-state index in [0.717, 1.165) is 11.8 Å². The van der Waals surface area contributed by atoms with Crippen molar-refractivity contribution in [1.29, 1.82) is 0 Å². The zero-order valence-electron chi connectivity index (χ0n) is 8.63. The summed E-state index contributed by atoms with van der Waals surface area (Å²) < 4.78 is 42.5. The van der Waals surface area contributed by atoms with Crippen molar-refractivity contribution >= 4 is 11.7 Å². The molecular weight excluding hydrogens is 227 g/mol. The molecule has 2 N–H and O–H groups in total. The molecule has 0 spiro atoms. The van der Waals surface area contributed by atoms with Gasteiger partial charge >= 0.3 is 12.1 Å². The van der Waals surface area contributed by atoms with E-state index in [2.05, 4.69) is 9.84 Å². The minimum absolute atomic E-state index is 0.0880. The Morgan fingerprint density at radius 1 is 1.56 bits per heavy atom. The first-order valence-electron chi connectivity index (χ1n) is 4.34. The quantitative estimate of drug-likeness (QED) is 0.787. The third kappa shape index (κ3) is 1.95. The van der Waals surface area contributed by atoms with Gasteiger partial charge in [0.2, 0.25) is 0 Å². The summed E-state index contributed by atoms with van der Waals surface area (Å²) in [6.45, 7) is 1.63. The number of carbonyl (C=O) groups is 1. The number of rotatable bonds is 2. The highest BCUT2D eigenvalue weighted by Gasteiger charge is 2.39. The summed E-state index contributed by atoms with van der Waals surface area (Å²) in [6.07, 6.45) is -4.69. The van der Waals surface area contributed by atoms with Gasteiger partial charge in [-0.1, -0.05) is 0 Å². The number of aromatic nitrogens is 2. The van der Waals surface area contributed by atoms with Crippen molar-refractivity contribution in [3.8, 4) is 0 Å². The van der Waals surface area contributed by atoms with Crippen LogP contribution in [0.3, 0.4) is 0 Å². The minimum Gasteiger partial charge on any atom is -0.464 e. The minimum atomic E-state index is -4.69. The van der Waals surface area contributed by atoms with Crippen molar-refractivity contribution in [2.45, 2.75) is 19.6 Å². The average molecular weight is 237 g/mol. The molecule has 16 heavy (non-hydrogen) atoms. The molecule has 5 nitrogen and oxygen atoms in total. The predicted molar refractivity (Wildman–Crippen MR) is 48.7 cm³/mol. The number of hydrogen-bond donors (Lipinski definition) is 1. The third-order valence-corrected chi connectivity index (χ3v) is 1.94. The van der Waals surface area contributed by atoms with Crippen LogP contribution in [0.2, 0.25) is 0 Å². The molecule has 0 saturated heterocycles. The molecule has 0 unspecified atom stereocenters. The Balaban J connectivity index is 3.38. The maximum atomic E-state index is 12.4. The number of nitrogens with zero attached hydrogens (tertiary/aromatic N) is 2. The molecule has 1 rings (SSSR count). The highest BCUT2D eigenvalue weighted by atomic mass is 19.4. The average Bonchev–Trinajstić information content (AvgIpc) is 2.53. The van der Waals surface area contributed by atoms with E-state index in [1.165, 1.54) is 0 Å². The molecule has 0 bridgehead atoms. The van der Waals surface area contributed by atoms with Gasteiger partial charge in [-0.2, -0.15) is 18.3 Å². The summed E-state index contributed by atoms with van der Waals surface area (Å²) in [5.74, 6) is -0.942. The summed E-state index contributed by atoms with van der Waals surface area (Å²) in [4.78, 5) is 11.2. The standard InChI is InChI=1S/C8H10F3N3O2/c1-3-14-5(7(15)16-2)4(12)6(13-14)8(9,10)11/h3,12H2,1-2H3. The lowest BCUT2D eigenvalue weighted by Crippen LogP contribution is -2.12. The van der Waals surface area contributed by atoms with Gasteiger partial charge in [-0.25, -0.2) is 4.79 Å². The highest BCUT2D eigenvalue weighted by molar-refractivity contribution is 5.93. The van der Waals surface area contributed by atoms with E-state index in [1.807, 2.05) is 0 Å². The maximum Gasteiger partial charge on any atom is 0.437 e. The molecule has 1 aromatic heterocycles. The second kappa shape index (κ2) is 4.03. The number of aryl methyl sites for hydroxylation is 1. The Hall–Kier alpha value is -1.73. The van der Waals surface area contributed by atoms with Crippen molar-refractivity contribution in [1.82, 2.24) is 9.78 Å². The van der Waals surface area contributed by atoms with E-state index in [4.69, 9.17) is 5.73 Å². The highest BCUT2D eigenvalue weighted by Crippen LogP contribution is 2.34. The number of nitrogens with two attached hydrogens (primary N) is 1. The summed E-state index contributed by atoms with van der Waals surface area (Å²) in [5, 5.41) is 3.23. The van der Waals surface area contributed by atoms with Gasteiger partial charge in [-0.3, -0.25) is 4.68 Å². The normalized spacial score (nSPS) is 11.6. The Morgan fingerprint density at radius 2 is 2.12 bits per heavy atom. The molecule has 0 atom stereocenters. The van der Waals surface area contributed by atoms with E-state index in [-0.39, 0.29) is 12.2 Å². The van der Waals surface area contributed by atoms with Crippen molar-refractivity contribution < 1.29 is 22.7 Å². The SMILES string of the molecule is CCn1nc(C(F)(F)F)c(N)c1C(=O)OC. The fraction of sp³-hybridized carbons (Fsp3) is 0.500.